The summed E-state index contributed by atoms with van der Waals surface area (Å²) < 4.78 is 120. The first kappa shape index (κ1) is 24.3. The third kappa shape index (κ3) is 3.29. The number of carbonyl (C=O) groups is 1. The fourth-order valence-corrected chi connectivity index (χ4v) is 11.1. The smallest absolute Gasteiger partial charge is 0.438 e. The number of carbonyl (C=O) groups excluding carboxylic acids is 1. The lowest BCUT2D eigenvalue weighted by atomic mass is 9.42. The standard InChI is InChI=1S/C23H28F6O5S/c24-22(25,26)21(23(27,28)29,8-35(31,32)33)34-20(30)14-7-13-15-9-1-3-11(5-9)17(15)19(14)18-12-4-2-10(6-12)16(13)18/h9-19H,1-8H2,(H,31,32,33)/p-1. The van der Waals surface area contributed by atoms with Crippen molar-refractivity contribution in [3.63, 3.8) is 0 Å². The molecule has 0 aliphatic heterocycles. The first-order valence-corrected chi connectivity index (χ1v) is 14.0. The lowest BCUT2D eigenvalue weighted by Gasteiger charge is -2.62. The van der Waals surface area contributed by atoms with Gasteiger partial charge in [-0.1, -0.05) is 0 Å². The summed E-state index contributed by atoms with van der Waals surface area (Å²) in [4.78, 5) is 13.3. The second-order valence-electron chi connectivity index (χ2n) is 12.0. The van der Waals surface area contributed by atoms with E-state index in [1.54, 1.807) is 0 Å². The Morgan fingerprint density at radius 3 is 1.57 bits per heavy atom. The Kier molecular flexibility index (Phi) is 5.06. The van der Waals surface area contributed by atoms with Crippen LogP contribution in [0.25, 0.3) is 0 Å². The molecular formula is C23H27F6O5S-. The Morgan fingerprint density at radius 1 is 0.743 bits per heavy atom. The molecule has 198 valence electrons. The van der Waals surface area contributed by atoms with Crippen molar-refractivity contribution < 1.29 is 48.8 Å². The zero-order chi connectivity index (χ0) is 25.3. The number of hydrogen-bond acceptors (Lipinski definition) is 5. The first-order chi connectivity index (χ1) is 16.1. The largest absolute Gasteiger partial charge is 0.748 e. The highest BCUT2D eigenvalue weighted by molar-refractivity contribution is 7.85. The molecule has 9 atom stereocenters. The van der Waals surface area contributed by atoms with Crippen LogP contribution in [0.2, 0.25) is 0 Å². The van der Waals surface area contributed by atoms with E-state index in [-0.39, 0.29) is 30.1 Å². The summed E-state index contributed by atoms with van der Waals surface area (Å²) in [5.41, 5.74) is -5.38. The highest BCUT2D eigenvalue weighted by Crippen LogP contribution is 2.75. The van der Waals surface area contributed by atoms with Crippen LogP contribution >= 0.6 is 0 Å². The van der Waals surface area contributed by atoms with E-state index >= 15 is 0 Å². The van der Waals surface area contributed by atoms with Gasteiger partial charge >= 0.3 is 23.9 Å². The van der Waals surface area contributed by atoms with Crippen LogP contribution in [0.5, 0.6) is 0 Å². The second-order valence-corrected chi connectivity index (χ2v) is 13.4. The van der Waals surface area contributed by atoms with E-state index < -0.39 is 45.7 Å². The maximum absolute atomic E-state index is 13.8. The van der Waals surface area contributed by atoms with Gasteiger partial charge in [0.25, 0.3) is 0 Å². The maximum atomic E-state index is 13.8. The number of hydrogen-bond donors (Lipinski definition) is 0. The number of alkyl halides is 6. The van der Waals surface area contributed by atoms with Gasteiger partial charge in [0.05, 0.1) is 21.8 Å². The molecule has 6 bridgehead atoms. The monoisotopic (exact) mass is 529 g/mol. The molecule has 0 aromatic carbocycles. The van der Waals surface area contributed by atoms with E-state index in [0.29, 0.717) is 35.5 Å². The van der Waals surface area contributed by atoms with Crippen LogP contribution < -0.4 is 0 Å². The molecule has 0 radical (unpaired) electrons. The summed E-state index contributed by atoms with van der Waals surface area (Å²) >= 11 is 0. The molecular weight excluding hydrogens is 502 g/mol. The van der Waals surface area contributed by atoms with Gasteiger partial charge < -0.3 is 9.29 Å². The molecule has 7 saturated carbocycles. The third-order valence-corrected chi connectivity index (χ3v) is 11.6. The van der Waals surface area contributed by atoms with Gasteiger partial charge in [0.15, 0.2) is 0 Å². The van der Waals surface area contributed by atoms with Gasteiger partial charge in [-0.05, 0) is 104 Å². The molecule has 0 aromatic heterocycles. The lowest BCUT2D eigenvalue weighted by Crippen LogP contribution is -2.65. The van der Waals surface area contributed by atoms with E-state index in [0.717, 1.165) is 38.5 Å². The molecule has 0 spiro atoms. The van der Waals surface area contributed by atoms with Crippen molar-refractivity contribution in [1.82, 2.24) is 0 Å². The van der Waals surface area contributed by atoms with Crippen LogP contribution in [0.3, 0.4) is 0 Å². The van der Waals surface area contributed by atoms with Crippen LogP contribution in [-0.4, -0.2) is 42.6 Å². The van der Waals surface area contributed by atoms with Crippen molar-refractivity contribution in [3.8, 4) is 0 Å². The van der Waals surface area contributed by atoms with Crippen molar-refractivity contribution in [2.75, 3.05) is 5.75 Å². The number of rotatable bonds is 4. The predicted molar refractivity (Wildman–Crippen MR) is 106 cm³/mol. The number of esters is 1. The summed E-state index contributed by atoms with van der Waals surface area (Å²) in [6.45, 7) is 0. The molecule has 7 aliphatic rings. The molecule has 12 heteroatoms. The minimum Gasteiger partial charge on any atom is -0.748 e. The molecule has 7 rings (SSSR count). The van der Waals surface area contributed by atoms with Gasteiger partial charge in [0, 0.05) is 0 Å². The molecule has 0 N–H and O–H groups in total. The van der Waals surface area contributed by atoms with Crippen molar-refractivity contribution in [2.45, 2.75) is 62.9 Å². The van der Waals surface area contributed by atoms with E-state index in [2.05, 4.69) is 4.74 Å². The van der Waals surface area contributed by atoms with Gasteiger partial charge in [-0.15, -0.1) is 0 Å². The van der Waals surface area contributed by atoms with Crippen LogP contribution in [0, 0.1) is 65.1 Å². The number of fused-ring (bicyclic) bond motifs is 5. The van der Waals surface area contributed by atoms with E-state index in [1.807, 2.05) is 0 Å². The van der Waals surface area contributed by atoms with Crippen molar-refractivity contribution in [3.05, 3.63) is 0 Å². The normalized spacial score (nSPS) is 46.1. The Bertz CT molecular complexity index is 976. The molecule has 35 heavy (non-hydrogen) atoms. The van der Waals surface area contributed by atoms with Gasteiger partial charge in [0.2, 0.25) is 0 Å². The SMILES string of the molecule is O=C(OC(CS(=O)(=O)[O-])(C(F)(F)F)C(F)(F)F)C1CC2C3C4CCC(C4)C3C1C1C3CCC(C3)C21. The Morgan fingerprint density at radius 2 is 1.17 bits per heavy atom. The fourth-order valence-electron chi connectivity index (χ4n) is 10.2. The van der Waals surface area contributed by atoms with Crippen molar-refractivity contribution >= 4 is 16.1 Å². The Labute approximate surface area is 199 Å². The van der Waals surface area contributed by atoms with Crippen LogP contribution in [-0.2, 0) is 19.6 Å². The summed E-state index contributed by atoms with van der Waals surface area (Å²) in [5.74, 6) is -3.40. The molecule has 0 saturated heterocycles. The fraction of sp³-hybridized carbons (Fsp3) is 0.957. The van der Waals surface area contributed by atoms with Crippen LogP contribution in [0.15, 0.2) is 0 Å². The zero-order valence-electron chi connectivity index (χ0n) is 18.7. The second kappa shape index (κ2) is 7.29. The molecule has 0 aromatic rings. The minimum absolute atomic E-state index is 0.0764. The van der Waals surface area contributed by atoms with Crippen molar-refractivity contribution in [1.29, 1.82) is 0 Å². The average Bonchev–Trinajstić information content (AvgIpc) is 3.51. The van der Waals surface area contributed by atoms with E-state index in [4.69, 9.17) is 0 Å². The van der Waals surface area contributed by atoms with Crippen LogP contribution in [0.4, 0.5) is 26.3 Å². The number of halogens is 6. The Hall–Kier alpha value is -1.04. The van der Waals surface area contributed by atoms with E-state index in [9.17, 15) is 44.1 Å². The van der Waals surface area contributed by atoms with Gasteiger partial charge in [-0.25, -0.2) is 8.42 Å². The average molecular weight is 530 g/mol. The lowest BCUT2D eigenvalue weighted by molar-refractivity contribution is -0.363. The highest BCUT2D eigenvalue weighted by atomic mass is 32.2. The van der Waals surface area contributed by atoms with Crippen molar-refractivity contribution in [2.24, 2.45) is 65.1 Å². The summed E-state index contributed by atoms with van der Waals surface area (Å²) in [5, 5.41) is 0. The zero-order valence-corrected chi connectivity index (χ0v) is 19.5. The maximum Gasteiger partial charge on any atom is 0.438 e. The van der Waals surface area contributed by atoms with Gasteiger partial charge in [-0.2, -0.15) is 26.3 Å². The summed E-state index contributed by atoms with van der Waals surface area (Å²) in [6.07, 6.45) is -6.35. The summed E-state index contributed by atoms with van der Waals surface area (Å²) in [7, 11) is -6.04. The minimum atomic E-state index is -6.32. The predicted octanol–water partition coefficient (Wildman–Crippen LogP) is 4.53. The first-order valence-electron chi connectivity index (χ1n) is 12.4. The van der Waals surface area contributed by atoms with E-state index in [1.165, 1.54) is 0 Å². The van der Waals surface area contributed by atoms with Gasteiger partial charge in [-0.3, -0.25) is 4.79 Å². The molecule has 5 nitrogen and oxygen atoms in total. The third-order valence-electron chi connectivity index (χ3n) is 10.8. The highest BCUT2D eigenvalue weighted by Gasteiger charge is 2.76. The number of ether oxygens (including phenoxy) is 1. The molecule has 7 aliphatic carbocycles. The quantitative estimate of drug-likeness (QED) is 0.304. The topological polar surface area (TPSA) is 83.5 Å². The van der Waals surface area contributed by atoms with Gasteiger partial charge in [0.1, 0.15) is 0 Å². The Balaban J connectivity index is 1.37. The molecule has 0 amide bonds. The molecule has 9 unspecified atom stereocenters. The molecule has 7 fully saturated rings. The summed E-state index contributed by atoms with van der Waals surface area (Å²) in [6, 6.07) is 0. The molecule has 0 heterocycles. The van der Waals surface area contributed by atoms with Crippen LogP contribution in [0.1, 0.15) is 44.9 Å².